The Balaban J connectivity index is 1.91. The zero-order chi connectivity index (χ0) is 14.5. The summed E-state index contributed by atoms with van der Waals surface area (Å²) in [7, 11) is 0. The topological polar surface area (TPSA) is 74.7 Å². The van der Waals surface area contributed by atoms with Crippen molar-refractivity contribution in [2.75, 3.05) is 0 Å². The summed E-state index contributed by atoms with van der Waals surface area (Å²) in [6.07, 6.45) is 4.53. The lowest BCUT2D eigenvalue weighted by atomic mass is 9.90. The molecule has 0 aromatic rings. The van der Waals surface area contributed by atoms with E-state index >= 15 is 0 Å². The van der Waals surface area contributed by atoms with Gasteiger partial charge in [0.05, 0.1) is 23.8 Å². The third kappa shape index (κ3) is 1.86. The number of hydrogen-bond acceptors (Lipinski definition) is 3. The fourth-order valence-corrected chi connectivity index (χ4v) is 4.54. The van der Waals surface area contributed by atoms with E-state index in [1.54, 1.807) is 0 Å². The first-order valence-electron chi connectivity index (χ1n) is 7.54. The van der Waals surface area contributed by atoms with Crippen molar-refractivity contribution < 1.29 is 19.5 Å². The Morgan fingerprint density at radius 2 is 1.70 bits per heavy atom. The number of imide groups is 1. The molecule has 3 aliphatic rings. The smallest absolute Gasteiger partial charge is 0.305 e. The van der Waals surface area contributed by atoms with Gasteiger partial charge in [-0.2, -0.15) is 0 Å². The molecule has 0 spiro atoms. The molecule has 2 atom stereocenters. The highest BCUT2D eigenvalue weighted by molar-refractivity contribution is 6.06. The van der Waals surface area contributed by atoms with Crippen LogP contribution in [0.3, 0.4) is 0 Å². The number of hydrogen-bond donors (Lipinski definition) is 1. The van der Waals surface area contributed by atoms with Crippen LogP contribution in [0.4, 0.5) is 0 Å². The van der Waals surface area contributed by atoms with E-state index in [2.05, 4.69) is 6.92 Å². The molecule has 1 N–H and O–H groups in total. The summed E-state index contributed by atoms with van der Waals surface area (Å²) in [5.41, 5.74) is -0.742. The van der Waals surface area contributed by atoms with Crippen LogP contribution >= 0.6 is 0 Å². The Labute approximate surface area is 118 Å². The summed E-state index contributed by atoms with van der Waals surface area (Å²) in [6, 6.07) is 0. The van der Waals surface area contributed by atoms with Crippen LogP contribution in [0.5, 0.6) is 0 Å². The molecule has 3 rings (SSSR count). The maximum Gasteiger partial charge on any atom is 0.305 e. The average Bonchev–Trinajstić information content (AvgIpc) is 2.99. The zero-order valence-electron chi connectivity index (χ0n) is 11.8. The minimum Gasteiger partial charge on any atom is -0.481 e. The van der Waals surface area contributed by atoms with Gasteiger partial charge in [-0.3, -0.25) is 19.3 Å². The van der Waals surface area contributed by atoms with Gasteiger partial charge in [-0.05, 0) is 31.6 Å². The van der Waals surface area contributed by atoms with E-state index < -0.39 is 11.5 Å². The SMILES string of the molecule is CC1CC2C(=O)N(C3(CC(=O)O)CCCC3)C(=O)C2C1. The van der Waals surface area contributed by atoms with Crippen molar-refractivity contribution in [3.8, 4) is 0 Å². The van der Waals surface area contributed by atoms with E-state index in [4.69, 9.17) is 5.11 Å². The Morgan fingerprint density at radius 1 is 1.20 bits per heavy atom. The van der Waals surface area contributed by atoms with Crippen LogP contribution in [0.15, 0.2) is 0 Å². The number of carboxylic acids is 1. The summed E-state index contributed by atoms with van der Waals surface area (Å²) in [5, 5.41) is 9.17. The van der Waals surface area contributed by atoms with Gasteiger partial charge < -0.3 is 5.11 Å². The molecule has 1 heterocycles. The Hall–Kier alpha value is -1.39. The number of amides is 2. The number of aliphatic carboxylic acids is 1. The molecule has 2 amide bonds. The summed E-state index contributed by atoms with van der Waals surface area (Å²) in [6.45, 7) is 2.08. The quantitative estimate of drug-likeness (QED) is 0.799. The van der Waals surface area contributed by atoms with Crippen LogP contribution in [-0.2, 0) is 14.4 Å². The molecule has 5 nitrogen and oxygen atoms in total. The number of likely N-dealkylation sites (tertiary alicyclic amines) is 1. The van der Waals surface area contributed by atoms with Gasteiger partial charge in [0.2, 0.25) is 11.8 Å². The van der Waals surface area contributed by atoms with E-state index in [1.807, 2.05) is 0 Å². The maximum absolute atomic E-state index is 12.6. The summed E-state index contributed by atoms with van der Waals surface area (Å²) in [4.78, 5) is 37.8. The van der Waals surface area contributed by atoms with E-state index in [0.717, 1.165) is 25.7 Å². The van der Waals surface area contributed by atoms with Crippen molar-refractivity contribution in [1.82, 2.24) is 4.90 Å². The second-order valence-electron chi connectivity index (χ2n) is 6.80. The van der Waals surface area contributed by atoms with E-state index in [0.29, 0.717) is 18.8 Å². The van der Waals surface area contributed by atoms with Crippen molar-refractivity contribution in [2.45, 2.75) is 57.4 Å². The minimum absolute atomic E-state index is 0.0977. The third-order valence-electron chi connectivity index (χ3n) is 5.36. The lowest BCUT2D eigenvalue weighted by molar-refractivity contribution is -0.151. The molecule has 0 bridgehead atoms. The van der Waals surface area contributed by atoms with E-state index in [1.165, 1.54) is 4.90 Å². The number of fused-ring (bicyclic) bond motifs is 1. The van der Waals surface area contributed by atoms with Crippen molar-refractivity contribution >= 4 is 17.8 Å². The summed E-state index contributed by atoms with van der Waals surface area (Å²) in [5.74, 6) is -1.09. The van der Waals surface area contributed by atoms with Crippen molar-refractivity contribution in [2.24, 2.45) is 17.8 Å². The van der Waals surface area contributed by atoms with Gasteiger partial charge in [0.15, 0.2) is 0 Å². The van der Waals surface area contributed by atoms with Gasteiger partial charge in [-0.25, -0.2) is 0 Å². The molecule has 0 aromatic carbocycles. The molecule has 0 radical (unpaired) electrons. The lowest BCUT2D eigenvalue weighted by Crippen LogP contribution is -2.52. The van der Waals surface area contributed by atoms with Crippen molar-refractivity contribution in [1.29, 1.82) is 0 Å². The highest BCUT2D eigenvalue weighted by atomic mass is 16.4. The summed E-state index contributed by atoms with van der Waals surface area (Å²) >= 11 is 0. The van der Waals surface area contributed by atoms with Crippen LogP contribution in [0.25, 0.3) is 0 Å². The van der Waals surface area contributed by atoms with Crippen LogP contribution in [0, 0.1) is 17.8 Å². The van der Waals surface area contributed by atoms with Crippen LogP contribution in [0.1, 0.15) is 51.9 Å². The molecule has 1 aliphatic heterocycles. The molecule has 5 heteroatoms. The number of carbonyl (C=O) groups is 3. The predicted molar refractivity (Wildman–Crippen MR) is 70.7 cm³/mol. The normalized spacial score (nSPS) is 35.6. The highest BCUT2D eigenvalue weighted by Crippen LogP contribution is 2.49. The van der Waals surface area contributed by atoms with E-state index in [9.17, 15) is 14.4 Å². The number of nitrogens with zero attached hydrogens (tertiary/aromatic N) is 1. The van der Waals surface area contributed by atoms with Crippen molar-refractivity contribution in [3.63, 3.8) is 0 Å². The van der Waals surface area contributed by atoms with E-state index in [-0.39, 0.29) is 30.1 Å². The standard InChI is InChI=1S/C15H21NO4/c1-9-6-10-11(7-9)14(20)16(13(10)19)15(8-12(17)18)4-2-3-5-15/h9-11H,2-8H2,1H3,(H,17,18). The largest absolute Gasteiger partial charge is 0.481 e. The number of rotatable bonds is 3. The molecule has 2 saturated carbocycles. The van der Waals surface area contributed by atoms with Gasteiger partial charge >= 0.3 is 5.97 Å². The molecular weight excluding hydrogens is 258 g/mol. The molecule has 110 valence electrons. The molecule has 2 aliphatic carbocycles. The Bertz CT molecular complexity index is 442. The first-order valence-corrected chi connectivity index (χ1v) is 7.54. The van der Waals surface area contributed by atoms with Gasteiger partial charge in [0.1, 0.15) is 0 Å². The average molecular weight is 279 g/mol. The minimum atomic E-state index is -0.919. The zero-order valence-corrected chi connectivity index (χ0v) is 11.8. The Kier molecular flexibility index (Phi) is 3.10. The molecular formula is C15H21NO4. The second-order valence-corrected chi connectivity index (χ2v) is 6.80. The molecule has 1 saturated heterocycles. The fourth-order valence-electron chi connectivity index (χ4n) is 4.54. The first-order chi connectivity index (χ1) is 9.44. The summed E-state index contributed by atoms with van der Waals surface area (Å²) < 4.78 is 0. The highest BCUT2D eigenvalue weighted by Gasteiger charge is 2.58. The molecule has 0 aromatic heterocycles. The molecule has 2 unspecified atom stereocenters. The maximum atomic E-state index is 12.6. The monoisotopic (exact) mass is 279 g/mol. The van der Waals surface area contributed by atoms with Gasteiger partial charge in [0.25, 0.3) is 0 Å². The van der Waals surface area contributed by atoms with Crippen LogP contribution in [0.2, 0.25) is 0 Å². The number of carbonyl (C=O) groups excluding carboxylic acids is 2. The predicted octanol–water partition coefficient (Wildman–Crippen LogP) is 1.80. The first kappa shape index (κ1) is 13.6. The third-order valence-corrected chi connectivity index (χ3v) is 5.36. The van der Waals surface area contributed by atoms with Gasteiger partial charge in [-0.1, -0.05) is 19.8 Å². The lowest BCUT2D eigenvalue weighted by Gasteiger charge is -2.37. The van der Waals surface area contributed by atoms with Crippen LogP contribution < -0.4 is 0 Å². The second kappa shape index (κ2) is 4.57. The van der Waals surface area contributed by atoms with Gasteiger partial charge in [-0.15, -0.1) is 0 Å². The van der Waals surface area contributed by atoms with Crippen molar-refractivity contribution in [3.05, 3.63) is 0 Å². The fraction of sp³-hybridized carbons (Fsp3) is 0.800. The molecule has 3 fully saturated rings. The van der Waals surface area contributed by atoms with Gasteiger partial charge in [0, 0.05) is 0 Å². The number of carboxylic acid groups (broad SMARTS) is 1. The Morgan fingerprint density at radius 3 is 2.15 bits per heavy atom. The molecule has 20 heavy (non-hydrogen) atoms. The van der Waals surface area contributed by atoms with Crippen LogP contribution in [-0.4, -0.2) is 33.3 Å².